The lowest BCUT2D eigenvalue weighted by atomic mass is 9.88. The summed E-state index contributed by atoms with van der Waals surface area (Å²) in [5.41, 5.74) is 0. The molecule has 4 aliphatic rings. The summed E-state index contributed by atoms with van der Waals surface area (Å²) in [4.78, 5) is 29.1. The minimum Gasteiger partial charge on any atom is -0.353 e. The van der Waals surface area contributed by atoms with Gasteiger partial charge < -0.3 is 15.1 Å². The van der Waals surface area contributed by atoms with E-state index in [0.29, 0.717) is 25.0 Å². The van der Waals surface area contributed by atoms with Crippen LogP contribution < -0.4 is 5.32 Å². The van der Waals surface area contributed by atoms with Crippen molar-refractivity contribution in [1.29, 1.82) is 0 Å². The maximum Gasteiger partial charge on any atom is 0.225 e. The Kier molecular flexibility index (Phi) is 5.30. The molecule has 5 nitrogen and oxygen atoms in total. The molecule has 1 atom stereocenters. The number of rotatable bonds is 5. The van der Waals surface area contributed by atoms with Crippen LogP contribution >= 0.6 is 0 Å². The summed E-state index contributed by atoms with van der Waals surface area (Å²) in [6.45, 7) is 4.13. The van der Waals surface area contributed by atoms with E-state index in [-0.39, 0.29) is 17.7 Å². The Balaban J connectivity index is 1.18. The third kappa shape index (κ3) is 4.36. The summed E-state index contributed by atoms with van der Waals surface area (Å²) in [5, 5.41) is 3.24. The molecule has 2 saturated carbocycles. The fourth-order valence-corrected chi connectivity index (χ4v) is 4.96. The van der Waals surface area contributed by atoms with Crippen LogP contribution in [-0.2, 0) is 9.59 Å². The molecule has 5 heteroatoms. The van der Waals surface area contributed by atoms with Gasteiger partial charge in [0, 0.05) is 44.7 Å². The quantitative estimate of drug-likeness (QED) is 0.829. The Morgan fingerprint density at radius 3 is 2.40 bits per heavy atom. The molecule has 1 N–H and O–H groups in total. The van der Waals surface area contributed by atoms with Crippen molar-refractivity contribution in [2.24, 2.45) is 11.8 Å². The van der Waals surface area contributed by atoms with E-state index in [0.717, 1.165) is 44.7 Å². The van der Waals surface area contributed by atoms with Crippen LogP contribution in [0.4, 0.5) is 0 Å². The predicted octanol–water partition coefficient (Wildman–Crippen LogP) is 2.16. The first-order valence-electron chi connectivity index (χ1n) is 10.5. The van der Waals surface area contributed by atoms with Gasteiger partial charge in [-0.15, -0.1) is 0 Å². The van der Waals surface area contributed by atoms with E-state index in [2.05, 4.69) is 10.2 Å². The third-order valence-corrected chi connectivity index (χ3v) is 6.69. The monoisotopic (exact) mass is 347 g/mol. The van der Waals surface area contributed by atoms with Crippen molar-refractivity contribution in [3.63, 3.8) is 0 Å². The molecule has 0 aromatic rings. The summed E-state index contributed by atoms with van der Waals surface area (Å²) in [6, 6.07) is 0.744. The van der Waals surface area contributed by atoms with Crippen LogP contribution in [-0.4, -0.2) is 59.9 Å². The average Bonchev–Trinajstić information content (AvgIpc) is 3.39. The number of hydrogen-bond donors (Lipinski definition) is 1. The van der Waals surface area contributed by atoms with E-state index in [4.69, 9.17) is 0 Å². The predicted molar refractivity (Wildman–Crippen MR) is 97.0 cm³/mol. The van der Waals surface area contributed by atoms with Gasteiger partial charge in [-0.1, -0.05) is 19.3 Å². The number of nitrogens with zero attached hydrogens (tertiary/aromatic N) is 2. The highest BCUT2D eigenvalue weighted by molar-refractivity contribution is 5.89. The van der Waals surface area contributed by atoms with Crippen LogP contribution in [0.15, 0.2) is 0 Å². The molecular weight excluding hydrogens is 314 g/mol. The van der Waals surface area contributed by atoms with Gasteiger partial charge in [-0.2, -0.15) is 0 Å². The average molecular weight is 348 g/mol. The molecule has 140 valence electrons. The largest absolute Gasteiger partial charge is 0.353 e. The number of piperidine rings is 1. The minimum absolute atomic E-state index is 0.113. The Morgan fingerprint density at radius 2 is 1.72 bits per heavy atom. The van der Waals surface area contributed by atoms with Gasteiger partial charge in [-0.3, -0.25) is 9.59 Å². The van der Waals surface area contributed by atoms with Crippen molar-refractivity contribution in [2.45, 2.75) is 76.3 Å². The van der Waals surface area contributed by atoms with Crippen LogP contribution in [0.1, 0.15) is 64.2 Å². The number of carbonyl (C=O) groups excluding carboxylic acids is 2. The number of nitrogens with one attached hydrogen (secondary N) is 1. The molecule has 2 aliphatic carbocycles. The topological polar surface area (TPSA) is 52.7 Å². The van der Waals surface area contributed by atoms with Crippen molar-refractivity contribution < 1.29 is 9.59 Å². The number of amides is 2. The SMILES string of the molecule is O=C(NC1CCN(CC2CCCCC2)CC1)C1CC(=O)N(C2CC2)C1. The fraction of sp³-hybridized carbons (Fsp3) is 0.900. The van der Waals surface area contributed by atoms with E-state index in [1.54, 1.807) is 0 Å². The Hall–Kier alpha value is -1.10. The highest BCUT2D eigenvalue weighted by Gasteiger charge is 2.42. The van der Waals surface area contributed by atoms with Crippen molar-refractivity contribution in [1.82, 2.24) is 15.1 Å². The second-order valence-corrected chi connectivity index (χ2v) is 8.77. The summed E-state index contributed by atoms with van der Waals surface area (Å²) in [5.74, 6) is 1.08. The lowest BCUT2D eigenvalue weighted by molar-refractivity contribution is -0.129. The summed E-state index contributed by atoms with van der Waals surface area (Å²) in [6.07, 6.45) is 11.9. The highest BCUT2D eigenvalue weighted by Crippen LogP contribution is 2.32. The van der Waals surface area contributed by atoms with Gasteiger partial charge in [0.15, 0.2) is 0 Å². The van der Waals surface area contributed by atoms with Crippen molar-refractivity contribution in [2.75, 3.05) is 26.2 Å². The van der Waals surface area contributed by atoms with Crippen molar-refractivity contribution in [3.05, 3.63) is 0 Å². The second kappa shape index (κ2) is 7.65. The van der Waals surface area contributed by atoms with Crippen LogP contribution in [0.5, 0.6) is 0 Å². The maximum atomic E-state index is 12.5. The molecule has 2 amide bonds. The number of hydrogen-bond acceptors (Lipinski definition) is 3. The zero-order valence-corrected chi connectivity index (χ0v) is 15.4. The fourth-order valence-electron chi connectivity index (χ4n) is 4.96. The van der Waals surface area contributed by atoms with Gasteiger partial charge in [0.1, 0.15) is 0 Å². The maximum absolute atomic E-state index is 12.5. The highest BCUT2D eigenvalue weighted by atomic mass is 16.2. The molecule has 0 radical (unpaired) electrons. The standard InChI is InChI=1S/C20H33N3O2/c24-19-12-16(14-23(19)18-6-7-18)20(25)21-17-8-10-22(11-9-17)13-15-4-2-1-3-5-15/h15-18H,1-14H2,(H,21,25). The third-order valence-electron chi connectivity index (χ3n) is 6.69. The number of likely N-dealkylation sites (tertiary alicyclic amines) is 2. The lowest BCUT2D eigenvalue weighted by Gasteiger charge is -2.35. The normalized spacial score (nSPS) is 30.0. The molecule has 1 unspecified atom stereocenters. The van der Waals surface area contributed by atoms with E-state index in [1.807, 2.05) is 4.90 Å². The Bertz CT molecular complexity index is 491. The molecule has 0 aromatic heterocycles. The summed E-state index contributed by atoms with van der Waals surface area (Å²) in [7, 11) is 0. The molecule has 0 spiro atoms. The second-order valence-electron chi connectivity index (χ2n) is 8.77. The molecule has 2 aliphatic heterocycles. The van der Waals surface area contributed by atoms with Gasteiger partial charge in [0.05, 0.1) is 5.92 Å². The first-order chi connectivity index (χ1) is 12.2. The van der Waals surface area contributed by atoms with Gasteiger partial charge in [0.2, 0.25) is 11.8 Å². The molecule has 0 bridgehead atoms. The van der Waals surface area contributed by atoms with E-state index in [1.165, 1.54) is 38.6 Å². The van der Waals surface area contributed by atoms with Crippen LogP contribution in [0, 0.1) is 11.8 Å². The smallest absolute Gasteiger partial charge is 0.225 e. The molecular formula is C20H33N3O2. The van der Waals surface area contributed by atoms with Gasteiger partial charge in [0.25, 0.3) is 0 Å². The van der Waals surface area contributed by atoms with Crippen molar-refractivity contribution in [3.8, 4) is 0 Å². The van der Waals surface area contributed by atoms with Gasteiger partial charge >= 0.3 is 0 Å². The lowest BCUT2D eigenvalue weighted by Crippen LogP contribution is -2.47. The number of carbonyl (C=O) groups is 2. The summed E-state index contributed by atoms with van der Waals surface area (Å²) < 4.78 is 0. The van der Waals surface area contributed by atoms with E-state index < -0.39 is 0 Å². The molecule has 0 aromatic carbocycles. The first kappa shape index (κ1) is 17.3. The zero-order valence-electron chi connectivity index (χ0n) is 15.4. The molecule has 2 heterocycles. The first-order valence-corrected chi connectivity index (χ1v) is 10.5. The molecule has 4 fully saturated rings. The molecule has 25 heavy (non-hydrogen) atoms. The Morgan fingerprint density at radius 1 is 1.00 bits per heavy atom. The summed E-state index contributed by atoms with van der Waals surface area (Å²) >= 11 is 0. The Labute approximate surface area is 151 Å². The van der Waals surface area contributed by atoms with Crippen LogP contribution in [0.25, 0.3) is 0 Å². The van der Waals surface area contributed by atoms with E-state index in [9.17, 15) is 9.59 Å². The van der Waals surface area contributed by atoms with Gasteiger partial charge in [-0.05, 0) is 44.4 Å². The van der Waals surface area contributed by atoms with Crippen LogP contribution in [0.2, 0.25) is 0 Å². The van der Waals surface area contributed by atoms with Crippen molar-refractivity contribution >= 4 is 11.8 Å². The molecule has 2 saturated heterocycles. The molecule has 4 rings (SSSR count). The van der Waals surface area contributed by atoms with E-state index >= 15 is 0 Å². The minimum atomic E-state index is -0.117. The van der Waals surface area contributed by atoms with Crippen LogP contribution in [0.3, 0.4) is 0 Å². The van der Waals surface area contributed by atoms with Gasteiger partial charge in [-0.25, -0.2) is 0 Å². The zero-order chi connectivity index (χ0) is 17.2.